The molecule has 2 saturated heterocycles. The number of piperazine rings is 1. The highest BCUT2D eigenvalue weighted by atomic mass is 35.5. The minimum absolute atomic E-state index is 0.111. The molecule has 25 heavy (non-hydrogen) atoms. The van der Waals surface area contributed by atoms with E-state index in [4.69, 9.17) is 16.3 Å². The molecule has 0 unspecified atom stereocenters. The normalized spacial score (nSPS) is 20.8. The maximum absolute atomic E-state index is 13.1. The van der Waals surface area contributed by atoms with Crippen LogP contribution in [-0.4, -0.2) is 60.5 Å². The Kier molecular flexibility index (Phi) is 5.91. The van der Waals surface area contributed by atoms with Crippen LogP contribution in [0.4, 0.5) is 4.39 Å². The largest absolute Gasteiger partial charge is 0.378 e. The molecule has 2 heterocycles. The van der Waals surface area contributed by atoms with Crippen LogP contribution in [0.2, 0.25) is 5.02 Å². The Labute approximate surface area is 151 Å². The minimum Gasteiger partial charge on any atom is -0.378 e. The molecule has 0 radical (unpaired) electrons. The first-order valence-electron chi connectivity index (χ1n) is 8.68. The Hall–Kier alpha value is -1.66. The van der Waals surface area contributed by atoms with E-state index < -0.39 is 5.82 Å². The van der Waals surface area contributed by atoms with Gasteiger partial charge >= 0.3 is 0 Å². The van der Waals surface area contributed by atoms with Gasteiger partial charge in [0.15, 0.2) is 0 Å². The summed E-state index contributed by atoms with van der Waals surface area (Å²) < 4.78 is 18.7. The quantitative estimate of drug-likeness (QED) is 0.821. The van der Waals surface area contributed by atoms with Crippen LogP contribution in [0.3, 0.4) is 0 Å². The van der Waals surface area contributed by atoms with E-state index in [-0.39, 0.29) is 22.9 Å². The molecule has 0 spiro atoms. The molecule has 5 nitrogen and oxygen atoms in total. The van der Waals surface area contributed by atoms with Gasteiger partial charge in [-0.05, 0) is 37.5 Å². The average Bonchev–Trinajstić information content (AvgIpc) is 3.13. The molecule has 0 bridgehead atoms. The smallest absolute Gasteiger partial charge is 0.255 e. The lowest BCUT2D eigenvalue weighted by molar-refractivity contribution is -0.133. The van der Waals surface area contributed by atoms with Crippen LogP contribution >= 0.6 is 11.6 Å². The Morgan fingerprint density at radius 2 is 1.92 bits per heavy atom. The van der Waals surface area contributed by atoms with Crippen molar-refractivity contribution in [2.45, 2.75) is 31.8 Å². The predicted octanol–water partition coefficient (Wildman–Crippen LogP) is 2.72. The van der Waals surface area contributed by atoms with Crippen molar-refractivity contribution in [2.75, 3.05) is 32.8 Å². The molecule has 0 saturated carbocycles. The fourth-order valence-corrected chi connectivity index (χ4v) is 3.55. The molecule has 2 aliphatic rings. The number of benzene rings is 1. The number of amides is 2. The fourth-order valence-electron chi connectivity index (χ4n) is 3.31. The van der Waals surface area contributed by atoms with Crippen molar-refractivity contribution in [1.82, 2.24) is 9.80 Å². The number of rotatable bonds is 4. The SMILES string of the molecule is O=C(CC[C@H]1CCCO1)N1CCN(C(=O)c2ccc(F)cc2Cl)CC1. The van der Waals surface area contributed by atoms with Gasteiger partial charge in [0, 0.05) is 39.2 Å². The van der Waals surface area contributed by atoms with Crippen LogP contribution in [0.25, 0.3) is 0 Å². The average molecular weight is 369 g/mol. The van der Waals surface area contributed by atoms with Gasteiger partial charge in [0.2, 0.25) is 5.91 Å². The second-order valence-corrected chi connectivity index (χ2v) is 6.88. The summed E-state index contributed by atoms with van der Waals surface area (Å²) in [6.45, 7) is 2.73. The molecule has 136 valence electrons. The third kappa shape index (κ3) is 4.50. The van der Waals surface area contributed by atoms with Crippen LogP contribution in [-0.2, 0) is 9.53 Å². The number of carbonyl (C=O) groups excluding carboxylic acids is 2. The van der Waals surface area contributed by atoms with E-state index in [2.05, 4.69) is 0 Å². The van der Waals surface area contributed by atoms with Crippen molar-refractivity contribution in [1.29, 1.82) is 0 Å². The summed E-state index contributed by atoms with van der Waals surface area (Å²) in [5.74, 6) is -0.581. The third-order valence-electron chi connectivity index (χ3n) is 4.79. The van der Waals surface area contributed by atoms with E-state index in [1.54, 1.807) is 9.80 Å². The molecular weight excluding hydrogens is 347 g/mol. The maximum Gasteiger partial charge on any atom is 0.255 e. The summed E-state index contributed by atoms with van der Waals surface area (Å²) in [5.41, 5.74) is 0.293. The standard InChI is InChI=1S/C18H22ClFN2O3/c19-16-12-13(20)3-5-15(16)18(24)22-9-7-21(8-10-22)17(23)6-4-14-2-1-11-25-14/h3,5,12,14H,1-2,4,6-11H2/t14-/m1/s1. The Morgan fingerprint density at radius 3 is 2.56 bits per heavy atom. The number of hydrogen-bond donors (Lipinski definition) is 0. The van der Waals surface area contributed by atoms with Crippen molar-refractivity contribution < 1.29 is 18.7 Å². The maximum atomic E-state index is 13.1. The first-order chi connectivity index (χ1) is 12.0. The molecule has 2 aliphatic heterocycles. The van der Waals surface area contributed by atoms with Gasteiger partial charge < -0.3 is 14.5 Å². The van der Waals surface area contributed by atoms with Crippen molar-refractivity contribution in [3.05, 3.63) is 34.6 Å². The van der Waals surface area contributed by atoms with Crippen LogP contribution in [0, 0.1) is 5.82 Å². The van der Waals surface area contributed by atoms with E-state index in [1.165, 1.54) is 12.1 Å². The summed E-state index contributed by atoms with van der Waals surface area (Å²) in [6.07, 6.45) is 3.58. The highest BCUT2D eigenvalue weighted by Gasteiger charge is 2.26. The molecular formula is C18H22ClFN2O3. The van der Waals surface area contributed by atoms with Crippen molar-refractivity contribution >= 4 is 23.4 Å². The van der Waals surface area contributed by atoms with Gasteiger partial charge in [0.05, 0.1) is 16.7 Å². The van der Waals surface area contributed by atoms with Gasteiger partial charge in [-0.1, -0.05) is 11.6 Å². The number of carbonyl (C=O) groups is 2. The number of nitrogens with zero attached hydrogens (tertiary/aromatic N) is 2. The van der Waals surface area contributed by atoms with Crippen LogP contribution in [0.5, 0.6) is 0 Å². The van der Waals surface area contributed by atoms with Gasteiger partial charge in [-0.25, -0.2) is 4.39 Å². The summed E-state index contributed by atoms with van der Waals surface area (Å²) in [4.78, 5) is 28.3. The zero-order valence-electron chi connectivity index (χ0n) is 14.0. The lowest BCUT2D eigenvalue weighted by Crippen LogP contribution is -2.50. The second kappa shape index (κ2) is 8.15. The molecule has 1 aromatic carbocycles. The van der Waals surface area contributed by atoms with Gasteiger partial charge in [-0.3, -0.25) is 9.59 Å². The lowest BCUT2D eigenvalue weighted by Gasteiger charge is -2.35. The summed E-state index contributed by atoms with van der Waals surface area (Å²) in [5, 5.41) is 0.111. The molecule has 0 aliphatic carbocycles. The molecule has 0 N–H and O–H groups in total. The molecule has 0 aromatic heterocycles. The van der Waals surface area contributed by atoms with E-state index in [1.807, 2.05) is 0 Å². The number of ether oxygens (including phenoxy) is 1. The van der Waals surface area contributed by atoms with Crippen molar-refractivity contribution in [3.8, 4) is 0 Å². The molecule has 2 fully saturated rings. The molecule has 1 atom stereocenters. The number of halogens is 2. The zero-order chi connectivity index (χ0) is 17.8. The van der Waals surface area contributed by atoms with E-state index in [9.17, 15) is 14.0 Å². The third-order valence-corrected chi connectivity index (χ3v) is 5.10. The first-order valence-corrected chi connectivity index (χ1v) is 9.06. The van der Waals surface area contributed by atoms with Crippen LogP contribution < -0.4 is 0 Å². The zero-order valence-corrected chi connectivity index (χ0v) is 14.8. The van der Waals surface area contributed by atoms with Crippen LogP contribution in [0.15, 0.2) is 18.2 Å². The first kappa shape index (κ1) is 18.1. The predicted molar refractivity (Wildman–Crippen MR) is 92.1 cm³/mol. The summed E-state index contributed by atoms with van der Waals surface area (Å²) in [6, 6.07) is 3.77. The Bertz CT molecular complexity index is 641. The second-order valence-electron chi connectivity index (χ2n) is 6.47. The highest BCUT2D eigenvalue weighted by molar-refractivity contribution is 6.33. The Morgan fingerprint density at radius 1 is 1.20 bits per heavy atom. The summed E-state index contributed by atoms with van der Waals surface area (Å²) >= 11 is 5.96. The minimum atomic E-state index is -0.469. The van der Waals surface area contributed by atoms with E-state index in [0.717, 1.165) is 31.9 Å². The van der Waals surface area contributed by atoms with Crippen molar-refractivity contribution in [2.24, 2.45) is 0 Å². The topological polar surface area (TPSA) is 49.9 Å². The van der Waals surface area contributed by atoms with Gasteiger partial charge in [-0.2, -0.15) is 0 Å². The fraction of sp³-hybridized carbons (Fsp3) is 0.556. The number of hydrogen-bond acceptors (Lipinski definition) is 3. The molecule has 1 aromatic rings. The molecule has 3 rings (SSSR count). The Balaban J connectivity index is 1.49. The van der Waals surface area contributed by atoms with Gasteiger partial charge in [0.1, 0.15) is 5.82 Å². The van der Waals surface area contributed by atoms with Gasteiger partial charge in [0.25, 0.3) is 5.91 Å². The van der Waals surface area contributed by atoms with E-state index in [0.29, 0.717) is 38.2 Å². The van der Waals surface area contributed by atoms with Crippen molar-refractivity contribution in [3.63, 3.8) is 0 Å². The summed E-state index contributed by atoms with van der Waals surface area (Å²) in [7, 11) is 0. The lowest BCUT2D eigenvalue weighted by atomic mass is 10.1. The monoisotopic (exact) mass is 368 g/mol. The molecule has 7 heteroatoms. The van der Waals surface area contributed by atoms with Crippen LogP contribution in [0.1, 0.15) is 36.0 Å². The van der Waals surface area contributed by atoms with Gasteiger partial charge in [-0.15, -0.1) is 0 Å². The molecule has 2 amide bonds. The van der Waals surface area contributed by atoms with E-state index >= 15 is 0 Å². The highest BCUT2D eigenvalue weighted by Crippen LogP contribution is 2.21.